The highest BCUT2D eigenvalue weighted by molar-refractivity contribution is 7.11. The van der Waals surface area contributed by atoms with E-state index in [0.29, 0.717) is 0 Å². The van der Waals surface area contributed by atoms with E-state index in [2.05, 4.69) is 53.3 Å². The molecule has 0 aliphatic rings. The van der Waals surface area contributed by atoms with E-state index in [9.17, 15) is 0 Å². The third-order valence-corrected chi connectivity index (χ3v) is 5.87. The Morgan fingerprint density at radius 1 is 1.17 bits per heavy atom. The third-order valence-electron chi connectivity index (χ3n) is 3.53. The number of nitrogens with zero attached hydrogens (tertiary/aromatic N) is 3. The zero-order valence-corrected chi connectivity index (χ0v) is 16.6. The second kappa shape index (κ2) is 9.74. The largest absolute Gasteiger partial charge is 0.357 e. The lowest BCUT2D eigenvalue weighted by molar-refractivity contribution is 0.798. The Hall–Kier alpha value is -1.47. The van der Waals surface area contributed by atoms with E-state index in [4.69, 9.17) is 0 Å². The van der Waals surface area contributed by atoms with Crippen LogP contribution in [-0.2, 0) is 19.3 Å². The van der Waals surface area contributed by atoms with Crippen molar-refractivity contribution in [1.29, 1.82) is 0 Å². The first-order valence-corrected chi connectivity index (χ1v) is 10.1. The van der Waals surface area contributed by atoms with Gasteiger partial charge in [-0.05, 0) is 27.2 Å². The SMILES string of the molecule is CCNC(=NCCc1ncc(CC)s1)NCCc1sc(C)nc1C. The van der Waals surface area contributed by atoms with Gasteiger partial charge in [-0.25, -0.2) is 9.97 Å². The van der Waals surface area contributed by atoms with Gasteiger partial charge in [0, 0.05) is 48.4 Å². The highest BCUT2D eigenvalue weighted by Gasteiger charge is 2.05. The average molecular weight is 366 g/mol. The molecule has 132 valence electrons. The molecular formula is C17H27N5S2. The Kier molecular flexibility index (Phi) is 7.65. The van der Waals surface area contributed by atoms with Crippen molar-refractivity contribution < 1.29 is 0 Å². The molecule has 2 N–H and O–H groups in total. The molecule has 0 spiro atoms. The first-order chi connectivity index (χ1) is 11.6. The fourth-order valence-corrected chi connectivity index (χ4v) is 4.12. The van der Waals surface area contributed by atoms with Gasteiger partial charge < -0.3 is 10.6 Å². The number of aliphatic imine (C=N–C) groups is 1. The Morgan fingerprint density at radius 3 is 2.62 bits per heavy atom. The van der Waals surface area contributed by atoms with Crippen LogP contribution >= 0.6 is 22.7 Å². The summed E-state index contributed by atoms with van der Waals surface area (Å²) in [5, 5.41) is 9.02. The fraction of sp³-hybridized carbons (Fsp3) is 0.588. The number of hydrogen-bond acceptors (Lipinski definition) is 5. The monoisotopic (exact) mass is 365 g/mol. The van der Waals surface area contributed by atoms with Crippen LogP contribution in [0, 0.1) is 13.8 Å². The molecule has 2 aromatic heterocycles. The summed E-state index contributed by atoms with van der Waals surface area (Å²) in [4.78, 5) is 16.3. The summed E-state index contributed by atoms with van der Waals surface area (Å²) >= 11 is 3.57. The number of aromatic nitrogens is 2. The van der Waals surface area contributed by atoms with Gasteiger partial charge in [0.2, 0.25) is 0 Å². The topological polar surface area (TPSA) is 62.2 Å². The Labute approximate surface area is 152 Å². The van der Waals surface area contributed by atoms with Gasteiger partial charge in [0.1, 0.15) is 0 Å². The molecule has 0 aliphatic carbocycles. The van der Waals surface area contributed by atoms with E-state index in [1.165, 1.54) is 14.8 Å². The van der Waals surface area contributed by atoms with Gasteiger partial charge in [-0.1, -0.05) is 6.92 Å². The van der Waals surface area contributed by atoms with Crippen molar-refractivity contribution in [2.24, 2.45) is 4.99 Å². The molecule has 7 heteroatoms. The summed E-state index contributed by atoms with van der Waals surface area (Å²) in [6.07, 6.45) is 4.91. The van der Waals surface area contributed by atoms with Gasteiger partial charge in [0.15, 0.2) is 5.96 Å². The lowest BCUT2D eigenvalue weighted by Gasteiger charge is -2.10. The van der Waals surface area contributed by atoms with Crippen LogP contribution in [0.15, 0.2) is 11.2 Å². The quantitative estimate of drug-likeness (QED) is 0.557. The van der Waals surface area contributed by atoms with E-state index < -0.39 is 0 Å². The van der Waals surface area contributed by atoms with Crippen LogP contribution in [0.3, 0.4) is 0 Å². The van der Waals surface area contributed by atoms with Crippen LogP contribution in [0.1, 0.15) is 39.3 Å². The molecule has 2 heterocycles. The van der Waals surface area contributed by atoms with E-state index in [1.807, 2.05) is 6.20 Å². The van der Waals surface area contributed by atoms with Crippen molar-refractivity contribution in [3.05, 3.63) is 31.7 Å². The molecule has 0 aromatic carbocycles. The van der Waals surface area contributed by atoms with Crippen LogP contribution in [0.2, 0.25) is 0 Å². The van der Waals surface area contributed by atoms with Gasteiger partial charge >= 0.3 is 0 Å². The summed E-state index contributed by atoms with van der Waals surface area (Å²) in [5.41, 5.74) is 1.15. The number of guanidine groups is 1. The summed E-state index contributed by atoms with van der Waals surface area (Å²) in [6.45, 7) is 10.9. The van der Waals surface area contributed by atoms with Crippen LogP contribution in [-0.4, -0.2) is 35.6 Å². The van der Waals surface area contributed by atoms with Gasteiger partial charge in [0.25, 0.3) is 0 Å². The third kappa shape index (κ3) is 5.87. The first-order valence-electron chi connectivity index (χ1n) is 8.51. The lowest BCUT2D eigenvalue weighted by Crippen LogP contribution is -2.38. The standard InChI is InChI=1S/C17H27N5S2/c1-5-14-11-21-16(24-14)8-10-20-17(18-6-2)19-9-7-15-12(3)22-13(4)23-15/h11H,5-10H2,1-4H3,(H2,18,19,20). The molecule has 0 aliphatic heterocycles. The number of hydrogen-bond donors (Lipinski definition) is 2. The highest BCUT2D eigenvalue weighted by Crippen LogP contribution is 2.17. The predicted molar refractivity (Wildman–Crippen MR) is 104 cm³/mol. The first kappa shape index (κ1) is 18.9. The Morgan fingerprint density at radius 2 is 2.00 bits per heavy atom. The zero-order chi connectivity index (χ0) is 17.4. The average Bonchev–Trinajstić information content (AvgIpc) is 3.13. The van der Waals surface area contributed by atoms with Gasteiger partial charge in [-0.2, -0.15) is 0 Å². The molecule has 2 aromatic rings. The molecule has 2 rings (SSSR count). The number of aryl methyl sites for hydroxylation is 3. The minimum absolute atomic E-state index is 0.755. The molecule has 0 radical (unpaired) electrons. The molecular weight excluding hydrogens is 338 g/mol. The van der Waals surface area contributed by atoms with Crippen molar-refractivity contribution in [3.63, 3.8) is 0 Å². The summed E-state index contributed by atoms with van der Waals surface area (Å²) in [5.74, 6) is 0.878. The van der Waals surface area contributed by atoms with Crippen molar-refractivity contribution >= 4 is 28.6 Å². The second-order valence-corrected chi connectivity index (χ2v) is 7.99. The van der Waals surface area contributed by atoms with Gasteiger partial charge in [0.05, 0.1) is 15.7 Å². The Bertz CT molecular complexity index is 660. The number of nitrogens with one attached hydrogen (secondary N) is 2. The summed E-state index contributed by atoms with van der Waals surface area (Å²) in [7, 11) is 0. The molecule has 0 unspecified atom stereocenters. The van der Waals surface area contributed by atoms with E-state index in [0.717, 1.165) is 55.6 Å². The van der Waals surface area contributed by atoms with Crippen LogP contribution in [0.25, 0.3) is 0 Å². The number of thiazole rings is 2. The van der Waals surface area contributed by atoms with Crippen molar-refractivity contribution in [2.45, 2.75) is 47.0 Å². The fourth-order valence-electron chi connectivity index (χ4n) is 2.33. The smallest absolute Gasteiger partial charge is 0.191 e. The maximum Gasteiger partial charge on any atom is 0.191 e. The lowest BCUT2D eigenvalue weighted by atomic mass is 10.3. The molecule has 0 bridgehead atoms. The van der Waals surface area contributed by atoms with E-state index in [1.54, 1.807) is 22.7 Å². The number of rotatable bonds is 8. The maximum atomic E-state index is 4.65. The highest BCUT2D eigenvalue weighted by atomic mass is 32.1. The molecule has 0 atom stereocenters. The van der Waals surface area contributed by atoms with Crippen molar-refractivity contribution in [3.8, 4) is 0 Å². The normalized spacial score (nSPS) is 11.8. The summed E-state index contributed by atoms with van der Waals surface area (Å²) in [6, 6.07) is 0. The van der Waals surface area contributed by atoms with Crippen molar-refractivity contribution in [1.82, 2.24) is 20.6 Å². The van der Waals surface area contributed by atoms with E-state index >= 15 is 0 Å². The van der Waals surface area contributed by atoms with Crippen LogP contribution in [0.4, 0.5) is 0 Å². The molecule has 0 saturated heterocycles. The van der Waals surface area contributed by atoms with Gasteiger partial charge in [-0.15, -0.1) is 22.7 Å². The Balaban J connectivity index is 1.80. The van der Waals surface area contributed by atoms with Gasteiger partial charge in [-0.3, -0.25) is 4.99 Å². The minimum Gasteiger partial charge on any atom is -0.357 e. The maximum absolute atomic E-state index is 4.65. The molecule has 0 fully saturated rings. The molecule has 24 heavy (non-hydrogen) atoms. The van der Waals surface area contributed by atoms with Crippen molar-refractivity contribution in [2.75, 3.05) is 19.6 Å². The van der Waals surface area contributed by atoms with E-state index in [-0.39, 0.29) is 0 Å². The van der Waals surface area contributed by atoms with Crippen LogP contribution in [0.5, 0.6) is 0 Å². The second-order valence-electron chi connectivity index (χ2n) is 5.50. The molecule has 0 saturated carbocycles. The zero-order valence-electron chi connectivity index (χ0n) is 15.0. The molecule has 0 amide bonds. The van der Waals surface area contributed by atoms with Crippen LogP contribution < -0.4 is 10.6 Å². The minimum atomic E-state index is 0.755. The predicted octanol–water partition coefficient (Wildman–Crippen LogP) is 3.12. The molecule has 5 nitrogen and oxygen atoms in total. The summed E-state index contributed by atoms with van der Waals surface area (Å²) < 4.78 is 0.